The number of nitro benzene ring substituents is 2. The summed E-state index contributed by atoms with van der Waals surface area (Å²) in [6.45, 7) is 3.72. The van der Waals surface area contributed by atoms with Gasteiger partial charge in [0, 0.05) is 36.1 Å². The van der Waals surface area contributed by atoms with Crippen molar-refractivity contribution >= 4 is 21.2 Å². The Morgan fingerprint density at radius 3 is 1.22 bits per heavy atom. The van der Waals surface area contributed by atoms with Crippen molar-refractivity contribution in [3.8, 4) is 0 Å². The van der Waals surface area contributed by atoms with Crippen LogP contribution in [0.15, 0.2) is 107 Å². The van der Waals surface area contributed by atoms with Gasteiger partial charge in [-0.3, -0.25) is 20.2 Å². The molecule has 4 rings (SSSR count). The zero-order valence-corrected chi connectivity index (χ0v) is 21.0. The first-order valence-electron chi connectivity index (χ1n) is 11.5. The SMILES string of the molecule is CC(c1ccc([N+](=O)[O-])cc1)c1ccccc1S(=O)(=O)c1ccccc1C(C)c1ccc([N+](=O)[O-])cc1. The van der Waals surface area contributed by atoms with Crippen molar-refractivity contribution < 1.29 is 18.3 Å². The lowest BCUT2D eigenvalue weighted by atomic mass is 9.93. The van der Waals surface area contributed by atoms with Gasteiger partial charge in [-0.05, 0) is 34.4 Å². The third-order valence-corrected chi connectivity index (χ3v) is 8.46. The maximum absolute atomic E-state index is 14.1. The van der Waals surface area contributed by atoms with Crippen LogP contribution in [0, 0.1) is 20.2 Å². The third kappa shape index (κ3) is 5.12. The molecular weight excluding hydrogens is 492 g/mol. The van der Waals surface area contributed by atoms with Gasteiger partial charge in [0.25, 0.3) is 11.4 Å². The first kappa shape index (κ1) is 25.7. The molecule has 0 aliphatic carbocycles. The summed E-state index contributed by atoms with van der Waals surface area (Å²) < 4.78 is 28.1. The molecule has 0 fully saturated rings. The molecule has 4 aromatic rings. The number of sulfone groups is 1. The molecule has 0 radical (unpaired) electrons. The van der Waals surface area contributed by atoms with E-state index in [9.17, 15) is 28.6 Å². The summed E-state index contributed by atoms with van der Waals surface area (Å²) in [5, 5.41) is 22.1. The van der Waals surface area contributed by atoms with Crippen LogP contribution in [-0.2, 0) is 9.84 Å². The maximum Gasteiger partial charge on any atom is 0.269 e. The van der Waals surface area contributed by atoms with Crippen molar-refractivity contribution in [3.63, 3.8) is 0 Å². The molecule has 8 nitrogen and oxygen atoms in total. The van der Waals surface area contributed by atoms with Crippen molar-refractivity contribution in [3.05, 3.63) is 140 Å². The van der Waals surface area contributed by atoms with Crippen LogP contribution >= 0.6 is 0 Å². The highest BCUT2D eigenvalue weighted by Crippen LogP contribution is 2.37. The quantitative estimate of drug-likeness (QED) is 0.191. The third-order valence-electron chi connectivity index (χ3n) is 6.56. The molecule has 0 N–H and O–H groups in total. The van der Waals surface area contributed by atoms with Gasteiger partial charge in [-0.1, -0.05) is 74.5 Å². The summed E-state index contributed by atoms with van der Waals surface area (Å²) in [4.78, 5) is 21.4. The first-order valence-corrected chi connectivity index (χ1v) is 13.0. The molecular formula is C28H24N2O6S. The van der Waals surface area contributed by atoms with E-state index in [2.05, 4.69) is 0 Å². The zero-order chi connectivity index (χ0) is 26.7. The maximum atomic E-state index is 14.1. The molecule has 188 valence electrons. The summed E-state index contributed by atoms with van der Waals surface area (Å²) in [5.74, 6) is -0.683. The fourth-order valence-electron chi connectivity index (χ4n) is 4.41. The number of non-ortho nitro benzene ring substituents is 2. The lowest BCUT2D eigenvalue weighted by Crippen LogP contribution is -2.12. The highest BCUT2D eigenvalue weighted by molar-refractivity contribution is 7.91. The van der Waals surface area contributed by atoms with Crippen molar-refractivity contribution in [1.29, 1.82) is 0 Å². The number of nitro groups is 2. The molecule has 0 spiro atoms. The van der Waals surface area contributed by atoms with Crippen molar-refractivity contribution in [2.24, 2.45) is 0 Å². The van der Waals surface area contributed by atoms with Crippen LogP contribution in [0.2, 0.25) is 0 Å². The van der Waals surface area contributed by atoms with E-state index in [-0.39, 0.29) is 33.0 Å². The van der Waals surface area contributed by atoms with Crippen LogP contribution in [-0.4, -0.2) is 18.3 Å². The van der Waals surface area contributed by atoms with Crippen molar-refractivity contribution in [2.75, 3.05) is 0 Å². The van der Waals surface area contributed by atoms with Crippen molar-refractivity contribution in [2.45, 2.75) is 35.5 Å². The minimum Gasteiger partial charge on any atom is -0.258 e. The lowest BCUT2D eigenvalue weighted by molar-refractivity contribution is -0.385. The van der Waals surface area contributed by atoms with Gasteiger partial charge in [0.2, 0.25) is 9.84 Å². The Morgan fingerprint density at radius 2 is 0.892 bits per heavy atom. The molecule has 0 saturated carbocycles. The Kier molecular flexibility index (Phi) is 7.17. The Morgan fingerprint density at radius 1 is 0.568 bits per heavy atom. The van der Waals surface area contributed by atoms with Gasteiger partial charge < -0.3 is 0 Å². The topological polar surface area (TPSA) is 120 Å². The molecule has 9 heteroatoms. The Hall–Kier alpha value is -4.37. The lowest BCUT2D eigenvalue weighted by Gasteiger charge is -2.20. The minimum atomic E-state index is -3.97. The van der Waals surface area contributed by atoms with Crippen LogP contribution in [0.5, 0.6) is 0 Å². The summed E-state index contributed by atoms with van der Waals surface area (Å²) in [7, 11) is -3.97. The number of nitrogens with zero attached hydrogens (tertiary/aromatic N) is 2. The smallest absolute Gasteiger partial charge is 0.258 e. The highest BCUT2D eigenvalue weighted by Gasteiger charge is 2.28. The Balaban J connectivity index is 1.76. The highest BCUT2D eigenvalue weighted by atomic mass is 32.2. The van der Waals surface area contributed by atoms with E-state index < -0.39 is 19.7 Å². The molecule has 0 aromatic heterocycles. The van der Waals surface area contributed by atoms with Gasteiger partial charge in [-0.2, -0.15) is 0 Å². The summed E-state index contributed by atoms with van der Waals surface area (Å²) >= 11 is 0. The molecule has 0 bridgehead atoms. The number of rotatable bonds is 8. The van der Waals surface area contributed by atoms with E-state index >= 15 is 0 Å². The molecule has 4 aromatic carbocycles. The van der Waals surface area contributed by atoms with Gasteiger partial charge >= 0.3 is 0 Å². The minimum absolute atomic E-state index is 0.0361. The van der Waals surface area contributed by atoms with Gasteiger partial charge in [-0.15, -0.1) is 0 Å². The van der Waals surface area contributed by atoms with Gasteiger partial charge in [0.15, 0.2) is 0 Å². The van der Waals surface area contributed by atoms with Gasteiger partial charge in [-0.25, -0.2) is 8.42 Å². The summed E-state index contributed by atoms with van der Waals surface area (Å²) in [6.07, 6.45) is 0. The number of hydrogen-bond donors (Lipinski definition) is 0. The van der Waals surface area contributed by atoms with E-state index in [0.717, 1.165) is 11.1 Å². The molecule has 0 amide bonds. The molecule has 2 unspecified atom stereocenters. The van der Waals surface area contributed by atoms with Gasteiger partial charge in [0.1, 0.15) is 0 Å². The fraction of sp³-hybridized carbons (Fsp3) is 0.143. The first-order chi connectivity index (χ1) is 17.6. The summed E-state index contributed by atoms with van der Waals surface area (Å²) in [6, 6.07) is 25.7. The monoisotopic (exact) mass is 516 g/mol. The molecule has 0 aliphatic heterocycles. The second kappa shape index (κ2) is 10.3. The van der Waals surface area contributed by atoms with E-state index in [0.29, 0.717) is 11.1 Å². The molecule has 0 aliphatic rings. The number of benzene rings is 4. The molecule has 0 heterocycles. The van der Waals surface area contributed by atoms with Gasteiger partial charge in [0.05, 0.1) is 19.6 Å². The fourth-order valence-corrected chi connectivity index (χ4v) is 6.28. The molecule has 37 heavy (non-hydrogen) atoms. The standard InChI is InChI=1S/C28H24N2O6S/c1-19(21-11-15-23(16-12-21)29(31)32)25-7-3-5-9-27(25)37(35,36)28-10-6-4-8-26(28)20(2)22-13-17-24(18-14-22)30(33)34/h3-20H,1-2H3. The van der Waals surface area contributed by atoms with Crippen molar-refractivity contribution in [1.82, 2.24) is 0 Å². The Labute approximate surface area is 214 Å². The van der Waals surface area contributed by atoms with Crippen LogP contribution < -0.4 is 0 Å². The summed E-state index contributed by atoms with van der Waals surface area (Å²) in [5.41, 5.74) is 2.59. The number of hydrogen-bond acceptors (Lipinski definition) is 6. The zero-order valence-electron chi connectivity index (χ0n) is 20.1. The second-order valence-corrected chi connectivity index (χ2v) is 10.6. The van der Waals surface area contributed by atoms with E-state index in [1.807, 2.05) is 13.8 Å². The van der Waals surface area contributed by atoms with E-state index in [1.165, 1.54) is 24.3 Å². The Bertz CT molecular complexity index is 1450. The predicted octanol–water partition coefficient (Wildman–Crippen LogP) is 6.64. The average molecular weight is 517 g/mol. The predicted molar refractivity (Wildman–Crippen MR) is 140 cm³/mol. The van der Waals surface area contributed by atoms with Crippen LogP contribution in [0.4, 0.5) is 11.4 Å². The molecule has 0 saturated heterocycles. The van der Waals surface area contributed by atoms with Crippen LogP contribution in [0.3, 0.4) is 0 Å². The van der Waals surface area contributed by atoms with E-state index in [1.54, 1.807) is 72.8 Å². The normalized spacial score (nSPS) is 13.0. The van der Waals surface area contributed by atoms with Crippen LogP contribution in [0.25, 0.3) is 0 Å². The second-order valence-electron chi connectivity index (χ2n) is 8.72. The average Bonchev–Trinajstić information content (AvgIpc) is 2.92. The largest absolute Gasteiger partial charge is 0.269 e. The molecule has 2 atom stereocenters. The van der Waals surface area contributed by atoms with E-state index in [4.69, 9.17) is 0 Å². The van der Waals surface area contributed by atoms with Crippen LogP contribution in [0.1, 0.15) is 47.9 Å².